The van der Waals surface area contributed by atoms with Gasteiger partial charge in [-0.15, -0.1) is 0 Å². The fraction of sp³-hybridized carbons (Fsp3) is 1.00. The van der Waals surface area contributed by atoms with Crippen molar-refractivity contribution in [3.05, 3.63) is 0 Å². The van der Waals surface area contributed by atoms with Gasteiger partial charge in [0.15, 0.2) is 0 Å². The van der Waals surface area contributed by atoms with E-state index in [1.807, 2.05) is 0 Å². The average molecular weight is 428 g/mol. The minimum atomic E-state index is -3.15. The highest BCUT2D eigenvalue weighted by atomic mass is 31.2. The van der Waals surface area contributed by atoms with Gasteiger partial charge in [0.2, 0.25) is 0 Å². The van der Waals surface area contributed by atoms with Crippen molar-refractivity contribution in [2.45, 2.75) is 38.9 Å². The zero-order valence-corrected chi connectivity index (χ0v) is 18.1. The first-order valence-electron chi connectivity index (χ1n) is 7.99. The van der Waals surface area contributed by atoms with E-state index in [1.54, 1.807) is 13.8 Å². The normalized spacial score (nSPS) is 14.5. The lowest BCUT2D eigenvalue weighted by molar-refractivity contribution is 0.0499. The van der Waals surface area contributed by atoms with Crippen molar-refractivity contribution in [3.63, 3.8) is 0 Å². The zero-order chi connectivity index (χ0) is 20.6. The first-order valence-corrected chi connectivity index (χ1v) is 11.4. The summed E-state index contributed by atoms with van der Waals surface area (Å²) in [5, 5.41) is 0. The summed E-state index contributed by atoms with van der Waals surface area (Å²) in [6.07, 6.45) is -0.407. The highest BCUT2D eigenvalue weighted by Crippen LogP contribution is 2.47. The molecule has 0 aliphatic rings. The minimum Gasteiger partial charge on any atom is -0.363 e. The van der Waals surface area contributed by atoms with Crippen LogP contribution in [0.25, 0.3) is 0 Å². The molecule has 12 heteroatoms. The molecule has 0 aromatic carbocycles. The van der Waals surface area contributed by atoms with Gasteiger partial charge >= 0.3 is 15.2 Å². The Balaban J connectivity index is 0. The second-order valence-corrected chi connectivity index (χ2v) is 9.33. The lowest BCUT2D eigenvalue weighted by atomic mass is 10.3. The van der Waals surface area contributed by atoms with Gasteiger partial charge in [0, 0.05) is 28.4 Å². The molecule has 0 saturated carbocycles. The minimum absolute atomic E-state index is 0.206. The summed E-state index contributed by atoms with van der Waals surface area (Å²) in [6, 6.07) is 0. The first-order chi connectivity index (χ1) is 12.2. The Kier molecular flexibility index (Phi) is 17.5. The number of halogens is 2. The first kappa shape index (κ1) is 28.3. The molecule has 0 bridgehead atoms. The molecule has 0 aromatic heterocycles. The summed E-state index contributed by atoms with van der Waals surface area (Å²) in [6.45, 7) is 2.39. The van der Waals surface area contributed by atoms with Gasteiger partial charge in [-0.3, -0.25) is 9.13 Å². The Morgan fingerprint density at radius 1 is 0.692 bits per heavy atom. The third kappa shape index (κ3) is 12.5. The van der Waals surface area contributed by atoms with Crippen LogP contribution < -0.4 is 0 Å². The molecule has 0 aliphatic heterocycles. The molecule has 2 atom stereocenters. The smallest absolute Gasteiger partial charge is 0.355 e. The predicted octanol–water partition coefficient (Wildman–Crippen LogP) is 4.39. The molecule has 160 valence electrons. The maximum Gasteiger partial charge on any atom is 0.355 e. The molecule has 0 rings (SSSR count). The fourth-order valence-electron chi connectivity index (χ4n) is 1.30. The SMILES string of the molecule is CC[C@@H](CF)OCP(=O)(OC)OC.CC[C@@H](CF)OCP(=O)(OC)OC. The molecule has 0 unspecified atom stereocenters. The number of rotatable bonds is 14. The highest BCUT2D eigenvalue weighted by molar-refractivity contribution is 7.53. The van der Waals surface area contributed by atoms with Crippen molar-refractivity contribution in [3.8, 4) is 0 Å². The van der Waals surface area contributed by atoms with Gasteiger partial charge in [0.25, 0.3) is 0 Å². The van der Waals surface area contributed by atoms with Crippen molar-refractivity contribution < 1.29 is 45.5 Å². The molecule has 0 saturated heterocycles. The molecule has 0 spiro atoms. The Labute approximate surface area is 154 Å². The third-order valence-corrected chi connectivity index (χ3v) is 6.46. The van der Waals surface area contributed by atoms with Crippen molar-refractivity contribution >= 4 is 15.2 Å². The van der Waals surface area contributed by atoms with Crippen LogP contribution >= 0.6 is 15.2 Å². The molecular formula is C14H32F2O8P2. The van der Waals surface area contributed by atoms with E-state index in [4.69, 9.17) is 9.47 Å². The average Bonchev–Trinajstić information content (AvgIpc) is 2.69. The molecule has 0 amide bonds. The molecule has 0 heterocycles. The van der Waals surface area contributed by atoms with Crippen LogP contribution in [-0.2, 0) is 36.7 Å². The van der Waals surface area contributed by atoms with E-state index in [1.165, 1.54) is 28.4 Å². The third-order valence-electron chi connectivity index (χ3n) is 3.30. The highest BCUT2D eigenvalue weighted by Gasteiger charge is 2.24. The lowest BCUT2D eigenvalue weighted by Gasteiger charge is -2.17. The maximum atomic E-state index is 12.1. The Bertz CT molecular complexity index is 366. The van der Waals surface area contributed by atoms with Crippen LogP contribution in [-0.4, -0.2) is 66.7 Å². The van der Waals surface area contributed by atoms with Gasteiger partial charge in [0.1, 0.15) is 26.0 Å². The molecule has 8 nitrogen and oxygen atoms in total. The van der Waals surface area contributed by atoms with E-state index >= 15 is 0 Å². The zero-order valence-electron chi connectivity index (χ0n) is 16.3. The second-order valence-electron chi connectivity index (χ2n) is 4.91. The summed E-state index contributed by atoms with van der Waals surface area (Å²) < 4.78 is 75.5. The van der Waals surface area contributed by atoms with E-state index in [0.717, 1.165) is 0 Å². The van der Waals surface area contributed by atoms with Crippen LogP contribution in [0.1, 0.15) is 26.7 Å². The summed E-state index contributed by atoms with van der Waals surface area (Å²) in [4.78, 5) is 0. The second kappa shape index (κ2) is 16.1. The largest absolute Gasteiger partial charge is 0.363 e. The molecular weight excluding hydrogens is 396 g/mol. The Morgan fingerprint density at radius 2 is 0.962 bits per heavy atom. The lowest BCUT2D eigenvalue weighted by Crippen LogP contribution is -2.15. The van der Waals surface area contributed by atoms with E-state index in [2.05, 4.69) is 18.1 Å². The monoisotopic (exact) mass is 428 g/mol. The maximum absolute atomic E-state index is 12.1. The van der Waals surface area contributed by atoms with Gasteiger partial charge in [0.05, 0.1) is 12.2 Å². The Hall–Kier alpha value is 0.0800. The van der Waals surface area contributed by atoms with Crippen LogP contribution in [0.5, 0.6) is 0 Å². The standard InChI is InChI=1S/2C7H16FO4P/c2*1-4-7(5-8)12-6-13(9,10-2)11-3/h2*7H,4-6H2,1-3H3/t2*7-/m00/s1. The van der Waals surface area contributed by atoms with Crippen molar-refractivity contribution in [1.29, 1.82) is 0 Å². The summed E-state index contributed by atoms with van der Waals surface area (Å²) in [7, 11) is -1.23. The number of hydrogen-bond donors (Lipinski definition) is 0. The van der Waals surface area contributed by atoms with Crippen molar-refractivity contribution in [2.75, 3.05) is 54.5 Å². The van der Waals surface area contributed by atoms with Gasteiger partial charge < -0.3 is 27.6 Å². The number of hydrogen-bond acceptors (Lipinski definition) is 8. The molecule has 0 fully saturated rings. The van der Waals surface area contributed by atoms with Crippen LogP contribution in [0.4, 0.5) is 8.78 Å². The summed E-state index contributed by atoms with van der Waals surface area (Å²) in [5.41, 5.74) is 0. The molecule has 0 radical (unpaired) electrons. The predicted molar refractivity (Wildman–Crippen MR) is 95.3 cm³/mol. The van der Waals surface area contributed by atoms with Crippen molar-refractivity contribution in [2.24, 2.45) is 0 Å². The van der Waals surface area contributed by atoms with Crippen LogP contribution in [0, 0.1) is 0 Å². The van der Waals surface area contributed by atoms with Gasteiger partial charge in [-0.25, -0.2) is 8.78 Å². The van der Waals surface area contributed by atoms with Gasteiger partial charge in [-0.05, 0) is 12.8 Å². The topological polar surface area (TPSA) is 89.5 Å². The van der Waals surface area contributed by atoms with Gasteiger partial charge in [-0.2, -0.15) is 0 Å². The van der Waals surface area contributed by atoms with E-state index < -0.39 is 40.7 Å². The molecule has 0 aliphatic carbocycles. The number of alkyl halides is 2. The van der Waals surface area contributed by atoms with Crippen LogP contribution in [0.15, 0.2) is 0 Å². The summed E-state index contributed by atoms with van der Waals surface area (Å²) in [5.74, 6) is 0. The van der Waals surface area contributed by atoms with Crippen LogP contribution in [0.3, 0.4) is 0 Å². The van der Waals surface area contributed by atoms with E-state index in [-0.39, 0.29) is 12.7 Å². The fourth-order valence-corrected chi connectivity index (χ4v) is 2.80. The molecule has 26 heavy (non-hydrogen) atoms. The van der Waals surface area contributed by atoms with Crippen LogP contribution in [0.2, 0.25) is 0 Å². The van der Waals surface area contributed by atoms with Crippen molar-refractivity contribution in [1.82, 2.24) is 0 Å². The quantitative estimate of drug-likeness (QED) is 0.377. The molecule has 0 N–H and O–H groups in total. The van der Waals surface area contributed by atoms with E-state index in [0.29, 0.717) is 12.8 Å². The Morgan fingerprint density at radius 3 is 1.12 bits per heavy atom. The summed E-state index contributed by atoms with van der Waals surface area (Å²) >= 11 is 0. The number of ether oxygens (including phenoxy) is 2. The van der Waals surface area contributed by atoms with E-state index in [9.17, 15) is 17.9 Å². The van der Waals surface area contributed by atoms with Gasteiger partial charge in [-0.1, -0.05) is 13.8 Å². The molecule has 0 aromatic rings.